The molecule has 0 amide bonds. The molecule has 15 heavy (non-hydrogen) atoms. The average molecular weight is 204 g/mol. The van der Waals surface area contributed by atoms with Crippen LogP contribution in [0.3, 0.4) is 0 Å². The molecule has 2 heteroatoms. The summed E-state index contributed by atoms with van der Waals surface area (Å²) in [5, 5.41) is 0. The van der Waals surface area contributed by atoms with Crippen LogP contribution in [0.15, 0.2) is 24.3 Å². The molecule has 1 aromatic carbocycles. The van der Waals surface area contributed by atoms with E-state index in [4.69, 9.17) is 5.73 Å². The molecule has 0 heterocycles. The maximum absolute atomic E-state index is 5.79. The monoisotopic (exact) mass is 204 g/mol. The first-order valence-electron chi connectivity index (χ1n) is 5.62. The number of rotatable bonds is 4. The summed E-state index contributed by atoms with van der Waals surface area (Å²) in [6.07, 6.45) is 3.76. The summed E-state index contributed by atoms with van der Waals surface area (Å²) in [4.78, 5) is 2.12. The molecule has 2 N–H and O–H groups in total. The summed E-state index contributed by atoms with van der Waals surface area (Å²) in [5.41, 5.74) is 8.91. The molecule has 0 radical (unpaired) electrons. The summed E-state index contributed by atoms with van der Waals surface area (Å²) in [6.45, 7) is 0.836. The average Bonchev–Trinajstić information content (AvgIpc) is 2.99. The molecule has 1 fully saturated rings. The number of hydrogen-bond donors (Lipinski definition) is 1. The molecule has 0 saturated heterocycles. The highest BCUT2D eigenvalue weighted by Gasteiger charge is 2.40. The second-order valence-corrected chi connectivity index (χ2v) is 4.94. The van der Waals surface area contributed by atoms with Gasteiger partial charge in [-0.15, -0.1) is 0 Å². The Balaban J connectivity index is 2.04. The highest BCUT2D eigenvalue weighted by molar-refractivity contribution is 5.46. The van der Waals surface area contributed by atoms with Gasteiger partial charge in [-0.05, 0) is 48.9 Å². The maximum Gasteiger partial charge on any atom is 0.0361 e. The SMILES string of the molecule is CN(C)c1ccc(CC2(CN)CC2)cc1. The van der Waals surface area contributed by atoms with Crippen LogP contribution in [0, 0.1) is 5.41 Å². The van der Waals surface area contributed by atoms with Gasteiger partial charge < -0.3 is 10.6 Å². The summed E-state index contributed by atoms with van der Waals surface area (Å²) < 4.78 is 0. The van der Waals surface area contributed by atoms with E-state index >= 15 is 0 Å². The first kappa shape index (κ1) is 10.5. The number of nitrogens with two attached hydrogens (primary N) is 1. The Bertz CT molecular complexity index is 323. The number of hydrogen-bond acceptors (Lipinski definition) is 2. The first-order chi connectivity index (χ1) is 7.15. The third-order valence-corrected chi connectivity index (χ3v) is 3.42. The predicted molar refractivity (Wildman–Crippen MR) is 65.2 cm³/mol. The fourth-order valence-electron chi connectivity index (χ4n) is 1.97. The summed E-state index contributed by atoms with van der Waals surface area (Å²) in [7, 11) is 4.13. The third-order valence-electron chi connectivity index (χ3n) is 3.42. The molecule has 0 bridgehead atoms. The van der Waals surface area contributed by atoms with E-state index in [0.717, 1.165) is 13.0 Å². The van der Waals surface area contributed by atoms with E-state index in [9.17, 15) is 0 Å². The van der Waals surface area contributed by atoms with Crippen molar-refractivity contribution in [2.45, 2.75) is 19.3 Å². The van der Waals surface area contributed by atoms with E-state index in [-0.39, 0.29) is 0 Å². The summed E-state index contributed by atoms with van der Waals surface area (Å²) >= 11 is 0. The van der Waals surface area contributed by atoms with Crippen LogP contribution in [0.2, 0.25) is 0 Å². The van der Waals surface area contributed by atoms with Crippen molar-refractivity contribution < 1.29 is 0 Å². The fourth-order valence-corrected chi connectivity index (χ4v) is 1.97. The van der Waals surface area contributed by atoms with Crippen molar-refractivity contribution in [3.63, 3.8) is 0 Å². The third kappa shape index (κ3) is 2.32. The zero-order valence-corrected chi connectivity index (χ0v) is 9.66. The van der Waals surface area contributed by atoms with E-state index in [1.807, 2.05) is 0 Å². The van der Waals surface area contributed by atoms with Gasteiger partial charge in [0.1, 0.15) is 0 Å². The molecule has 0 aromatic heterocycles. The van der Waals surface area contributed by atoms with Crippen LogP contribution in [0.5, 0.6) is 0 Å². The van der Waals surface area contributed by atoms with Crippen LogP contribution in [-0.2, 0) is 6.42 Å². The van der Waals surface area contributed by atoms with Crippen molar-refractivity contribution in [3.8, 4) is 0 Å². The highest BCUT2D eigenvalue weighted by atomic mass is 15.1. The highest BCUT2D eigenvalue weighted by Crippen LogP contribution is 2.47. The normalized spacial score (nSPS) is 17.5. The predicted octanol–water partition coefficient (Wildman–Crippen LogP) is 2.03. The topological polar surface area (TPSA) is 29.3 Å². The second kappa shape index (κ2) is 3.86. The standard InChI is InChI=1S/C13H20N2/c1-15(2)12-5-3-11(4-6-12)9-13(10-14)7-8-13/h3-6H,7-10,14H2,1-2H3. The molecule has 0 atom stereocenters. The van der Waals surface area contributed by atoms with Crippen molar-refractivity contribution in [2.75, 3.05) is 25.5 Å². The van der Waals surface area contributed by atoms with Gasteiger partial charge in [0.05, 0.1) is 0 Å². The molecule has 0 unspecified atom stereocenters. The zero-order valence-electron chi connectivity index (χ0n) is 9.66. The van der Waals surface area contributed by atoms with Crippen LogP contribution in [0.1, 0.15) is 18.4 Å². The van der Waals surface area contributed by atoms with E-state index in [2.05, 4.69) is 43.3 Å². The number of benzene rings is 1. The molecule has 2 rings (SSSR count). The molecule has 0 aliphatic heterocycles. The van der Waals surface area contributed by atoms with Crippen molar-refractivity contribution >= 4 is 5.69 Å². The van der Waals surface area contributed by atoms with Gasteiger partial charge in [0, 0.05) is 19.8 Å². The zero-order chi connectivity index (χ0) is 10.9. The molecule has 1 aliphatic rings. The van der Waals surface area contributed by atoms with E-state index < -0.39 is 0 Å². The summed E-state index contributed by atoms with van der Waals surface area (Å²) in [5.74, 6) is 0. The van der Waals surface area contributed by atoms with Crippen molar-refractivity contribution in [2.24, 2.45) is 11.1 Å². The van der Waals surface area contributed by atoms with E-state index in [1.165, 1.54) is 24.1 Å². The van der Waals surface area contributed by atoms with Crippen LogP contribution < -0.4 is 10.6 Å². The van der Waals surface area contributed by atoms with Crippen molar-refractivity contribution in [1.82, 2.24) is 0 Å². The van der Waals surface area contributed by atoms with E-state index in [1.54, 1.807) is 0 Å². The Morgan fingerprint density at radius 3 is 2.20 bits per heavy atom. The minimum Gasteiger partial charge on any atom is -0.378 e. The number of nitrogens with zero attached hydrogens (tertiary/aromatic N) is 1. The Morgan fingerprint density at radius 2 is 1.80 bits per heavy atom. The minimum atomic E-state index is 0.444. The lowest BCUT2D eigenvalue weighted by molar-refractivity contribution is 0.521. The van der Waals surface area contributed by atoms with Gasteiger partial charge in [0.15, 0.2) is 0 Å². The van der Waals surface area contributed by atoms with Crippen LogP contribution in [0.25, 0.3) is 0 Å². The summed E-state index contributed by atoms with van der Waals surface area (Å²) in [6, 6.07) is 8.82. The lowest BCUT2D eigenvalue weighted by Gasteiger charge is -2.15. The van der Waals surface area contributed by atoms with Gasteiger partial charge in [-0.3, -0.25) is 0 Å². The molecular weight excluding hydrogens is 184 g/mol. The van der Waals surface area contributed by atoms with Gasteiger partial charge in [-0.2, -0.15) is 0 Å². The Labute approximate surface area is 92.1 Å². The van der Waals surface area contributed by atoms with Crippen LogP contribution in [-0.4, -0.2) is 20.6 Å². The van der Waals surface area contributed by atoms with Crippen LogP contribution >= 0.6 is 0 Å². The largest absolute Gasteiger partial charge is 0.378 e. The lowest BCUT2D eigenvalue weighted by Crippen LogP contribution is -2.18. The van der Waals surface area contributed by atoms with Gasteiger partial charge in [-0.25, -0.2) is 0 Å². The van der Waals surface area contributed by atoms with E-state index in [0.29, 0.717) is 5.41 Å². The Kier molecular flexibility index (Phi) is 2.70. The van der Waals surface area contributed by atoms with Crippen molar-refractivity contribution in [1.29, 1.82) is 0 Å². The Hall–Kier alpha value is -1.02. The van der Waals surface area contributed by atoms with Gasteiger partial charge >= 0.3 is 0 Å². The number of anilines is 1. The second-order valence-electron chi connectivity index (χ2n) is 4.94. The molecule has 82 valence electrons. The molecule has 2 nitrogen and oxygen atoms in total. The van der Waals surface area contributed by atoms with Gasteiger partial charge in [0.2, 0.25) is 0 Å². The van der Waals surface area contributed by atoms with Crippen LogP contribution in [0.4, 0.5) is 5.69 Å². The quantitative estimate of drug-likeness (QED) is 0.813. The molecular formula is C13H20N2. The smallest absolute Gasteiger partial charge is 0.0361 e. The Morgan fingerprint density at radius 1 is 1.20 bits per heavy atom. The van der Waals surface area contributed by atoms with Crippen molar-refractivity contribution in [3.05, 3.63) is 29.8 Å². The first-order valence-corrected chi connectivity index (χ1v) is 5.62. The maximum atomic E-state index is 5.79. The minimum absolute atomic E-state index is 0.444. The lowest BCUT2D eigenvalue weighted by atomic mass is 9.96. The molecule has 1 aromatic rings. The van der Waals surface area contributed by atoms with Gasteiger partial charge in [0.25, 0.3) is 0 Å². The molecule has 1 saturated carbocycles. The fraction of sp³-hybridized carbons (Fsp3) is 0.538. The molecule has 1 aliphatic carbocycles. The molecule has 0 spiro atoms. The van der Waals surface area contributed by atoms with Gasteiger partial charge in [-0.1, -0.05) is 12.1 Å².